The van der Waals surface area contributed by atoms with Gasteiger partial charge in [-0.2, -0.15) is 0 Å². The van der Waals surface area contributed by atoms with Gasteiger partial charge in [0.2, 0.25) is 0 Å². The Morgan fingerprint density at radius 1 is 1.21 bits per heavy atom. The van der Waals surface area contributed by atoms with Crippen LogP contribution < -0.4 is 11.5 Å². The number of allylic oxidation sites excluding steroid dienone is 1. The zero-order chi connectivity index (χ0) is 17.2. The van der Waals surface area contributed by atoms with Crippen molar-refractivity contribution in [2.45, 2.75) is 13.2 Å². The second-order valence-corrected chi connectivity index (χ2v) is 5.15. The second kappa shape index (κ2) is 9.27. The highest BCUT2D eigenvalue weighted by Crippen LogP contribution is 2.16. The van der Waals surface area contributed by atoms with Gasteiger partial charge in [-0.1, -0.05) is 30.3 Å². The van der Waals surface area contributed by atoms with Crippen LogP contribution in [0.25, 0.3) is 5.57 Å². The molecule has 0 unspecified atom stereocenters. The van der Waals surface area contributed by atoms with E-state index in [4.69, 9.17) is 16.2 Å². The molecule has 0 aliphatic heterocycles. The lowest BCUT2D eigenvalue weighted by Crippen LogP contribution is -1.99. The van der Waals surface area contributed by atoms with E-state index in [9.17, 15) is 0 Å². The molecule has 0 saturated heterocycles. The fourth-order valence-corrected chi connectivity index (χ4v) is 2.11. The Bertz CT molecular complexity index is 720. The Morgan fingerprint density at radius 2 is 1.96 bits per heavy atom. The van der Waals surface area contributed by atoms with Gasteiger partial charge in [-0.15, -0.1) is 6.58 Å². The second-order valence-electron chi connectivity index (χ2n) is 5.15. The molecule has 24 heavy (non-hydrogen) atoms. The van der Waals surface area contributed by atoms with Crippen LogP contribution in [-0.2, 0) is 17.9 Å². The molecule has 0 atom stereocenters. The number of ether oxygens (including phenoxy) is 1. The van der Waals surface area contributed by atoms with Crippen LogP contribution in [0.3, 0.4) is 0 Å². The highest BCUT2D eigenvalue weighted by molar-refractivity contribution is 6.11. The molecule has 2 rings (SSSR count). The van der Waals surface area contributed by atoms with E-state index in [-0.39, 0.29) is 0 Å². The van der Waals surface area contributed by atoms with E-state index in [1.54, 1.807) is 18.5 Å². The van der Waals surface area contributed by atoms with E-state index >= 15 is 0 Å². The van der Waals surface area contributed by atoms with Gasteiger partial charge >= 0.3 is 0 Å². The molecule has 1 aromatic heterocycles. The van der Waals surface area contributed by atoms with Gasteiger partial charge < -0.3 is 16.2 Å². The van der Waals surface area contributed by atoms with Gasteiger partial charge in [-0.3, -0.25) is 4.99 Å². The summed E-state index contributed by atoms with van der Waals surface area (Å²) in [5.74, 6) is 0.435. The lowest BCUT2D eigenvalue weighted by molar-refractivity contribution is 0.149. The summed E-state index contributed by atoms with van der Waals surface area (Å²) >= 11 is 0. The van der Waals surface area contributed by atoms with Crippen molar-refractivity contribution in [2.24, 2.45) is 10.7 Å². The van der Waals surface area contributed by atoms with E-state index in [2.05, 4.69) is 16.6 Å². The third-order valence-electron chi connectivity index (χ3n) is 3.36. The number of nitrogens with zero attached hydrogens (tertiary/aromatic N) is 2. The van der Waals surface area contributed by atoms with Crippen LogP contribution in [-0.4, -0.2) is 17.8 Å². The van der Waals surface area contributed by atoms with Crippen molar-refractivity contribution in [1.82, 2.24) is 4.98 Å². The lowest BCUT2D eigenvalue weighted by atomic mass is 10.1. The van der Waals surface area contributed by atoms with Crippen LogP contribution in [0.4, 0.5) is 5.82 Å². The van der Waals surface area contributed by atoms with E-state index in [0.29, 0.717) is 25.6 Å². The Hall–Kier alpha value is -2.92. The summed E-state index contributed by atoms with van der Waals surface area (Å²) in [7, 11) is 0. The first-order chi connectivity index (χ1) is 11.7. The molecule has 0 saturated carbocycles. The maximum absolute atomic E-state index is 5.86. The zero-order valence-electron chi connectivity index (χ0n) is 13.6. The molecule has 0 amide bonds. The van der Waals surface area contributed by atoms with Crippen molar-refractivity contribution in [3.63, 3.8) is 0 Å². The summed E-state index contributed by atoms with van der Waals surface area (Å²) in [5, 5.41) is 0. The molecule has 0 bridgehead atoms. The minimum Gasteiger partial charge on any atom is -0.404 e. The molecule has 0 fully saturated rings. The maximum Gasteiger partial charge on any atom is 0.131 e. The van der Waals surface area contributed by atoms with Crippen molar-refractivity contribution in [3.8, 4) is 0 Å². The topological polar surface area (TPSA) is 86.5 Å². The van der Waals surface area contributed by atoms with Gasteiger partial charge in [0.1, 0.15) is 5.82 Å². The van der Waals surface area contributed by atoms with Crippen LogP contribution >= 0.6 is 0 Å². The molecule has 0 aliphatic carbocycles. The van der Waals surface area contributed by atoms with E-state index in [1.807, 2.05) is 36.4 Å². The predicted molar refractivity (Wildman–Crippen MR) is 99.3 cm³/mol. The highest BCUT2D eigenvalue weighted by Gasteiger charge is 2.03. The first kappa shape index (κ1) is 17.4. The molecule has 1 heterocycles. The predicted octanol–water partition coefficient (Wildman–Crippen LogP) is 2.94. The number of aromatic nitrogens is 1. The molecule has 4 N–H and O–H groups in total. The highest BCUT2D eigenvalue weighted by atomic mass is 16.5. The first-order valence-corrected chi connectivity index (χ1v) is 7.63. The zero-order valence-corrected chi connectivity index (χ0v) is 13.6. The molecule has 0 spiro atoms. The molecular weight excluding hydrogens is 300 g/mol. The molecule has 1 aromatic carbocycles. The van der Waals surface area contributed by atoms with Crippen LogP contribution in [0.5, 0.6) is 0 Å². The fourth-order valence-electron chi connectivity index (χ4n) is 2.11. The van der Waals surface area contributed by atoms with Crippen LogP contribution in [0.2, 0.25) is 0 Å². The number of pyridine rings is 1. The largest absolute Gasteiger partial charge is 0.404 e. The van der Waals surface area contributed by atoms with Crippen LogP contribution in [0.15, 0.2) is 66.4 Å². The third kappa shape index (κ3) is 5.07. The number of aliphatic imine (C=N–C) groups is 1. The van der Waals surface area contributed by atoms with Crippen molar-refractivity contribution < 1.29 is 4.74 Å². The average Bonchev–Trinajstić information content (AvgIpc) is 2.61. The van der Waals surface area contributed by atoms with Gasteiger partial charge in [0.15, 0.2) is 0 Å². The first-order valence-electron chi connectivity index (χ1n) is 7.63. The molecule has 0 radical (unpaired) electrons. The smallest absolute Gasteiger partial charge is 0.131 e. The van der Waals surface area contributed by atoms with Gasteiger partial charge in [-0.05, 0) is 23.3 Å². The minimum atomic E-state index is 0.435. The number of nitrogens with two attached hydrogens (primary N) is 2. The number of benzene rings is 1. The minimum absolute atomic E-state index is 0.435. The maximum atomic E-state index is 5.86. The summed E-state index contributed by atoms with van der Waals surface area (Å²) in [6.45, 7) is 5.32. The Kier molecular flexibility index (Phi) is 6.73. The average molecular weight is 322 g/mol. The summed E-state index contributed by atoms with van der Waals surface area (Å²) < 4.78 is 5.41. The lowest BCUT2D eigenvalue weighted by Gasteiger charge is -2.05. The monoisotopic (exact) mass is 322 g/mol. The number of anilines is 1. The number of rotatable bonds is 8. The molecule has 5 nitrogen and oxygen atoms in total. The van der Waals surface area contributed by atoms with E-state index in [0.717, 1.165) is 22.3 Å². The summed E-state index contributed by atoms with van der Waals surface area (Å²) in [5.41, 5.74) is 15.3. The fraction of sp³-hybridized carbons (Fsp3) is 0.158. The summed E-state index contributed by atoms with van der Waals surface area (Å²) in [4.78, 5) is 8.49. The summed E-state index contributed by atoms with van der Waals surface area (Å²) in [6.07, 6.45) is 6.58. The van der Waals surface area contributed by atoms with Crippen molar-refractivity contribution in [3.05, 3.63) is 78.1 Å². The van der Waals surface area contributed by atoms with Crippen molar-refractivity contribution in [2.75, 3.05) is 12.3 Å². The number of hydrogen-bond acceptors (Lipinski definition) is 5. The Balaban J connectivity index is 1.95. The van der Waals surface area contributed by atoms with Crippen LogP contribution in [0, 0.1) is 0 Å². The normalized spacial score (nSPS) is 11.8. The van der Waals surface area contributed by atoms with Crippen LogP contribution in [0.1, 0.15) is 16.7 Å². The Morgan fingerprint density at radius 3 is 2.62 bits per heavy atom. The van der Waals surface area contributed by atoms with Crippen molar-refractivity contribution >= 4 is 17.6 Å². The van der Waals surface area contributed by atoms with E-state index < -0.39 is 0 Å². The molecule has 0 aliphatic rings. The number of nitrogen functional groups attached to an aromatic ring is 1. The standard InChI is InChI=1S/C19H22N4O/c1-2-10-24-14-16-7-5-15(6-8-16)12-22-13-17(11-20)18-4-3-9-23-19(18)21/h2-9,11,13H,1,10,12,14,20H2,(H2,21,23)/b17-11+,22-13?. The molecule has 5 heteroatoms. The molecule has 124 valence electrons. The Labute approximate surface area is 142 Å². The molecular formula is C19H22N4O. The SMILES string of the molecule is C=CCOCc1ccc(CN=C/C(=C\N)c2cccnc2N)cc1. The third-order valence-corrected chi connectivity index (χ3v) is 3.36. The summed E-state index contributed by atoms with van der Waals surface area (Å²) in [6, 6.07) is 11.8. The van der Waals surface area contributed by atoms with Gasteiger partial charge in [0.25, 0.3) is 0 Å². The van der Waals surface area contributed by atoms with Gasteiger partial charge in [-0.25, -0.2) is 4.98 Å². The number of hydrogen-bond donors (Lipinski definition) is 2. The van der Waals surface area contributed by atoms with E-state index in [1.165, 1.54) is 6.20 Å². The van der Waals surface area contributed by atoms with Gasteiger partial charge in [0.05, 0.1) is 19.8 Å². The van der Waals surface area contributed by atoms with Gasteiger partial charge in [0, 0.05) is 29.7 Å². The quantitative estimate of drug-likeness (QED) is 0.444. The van der Waals surface area contributed by atoms with Crippen molar-refractivity contribution in [1.29, 1.82) is 0 Å². The molecule has 2 aromatic rings.